The highest BCUT2D eigenvalue weighted by Gasteiger charge is 2.31. The Balaban J connectivity index is 3.04. The normalized spacial score (nSPS) is 11.5. The monoisotopic (exact) mass is 303 g/mol. The van der Waals surface area contributed by atoms with Gasteiger partial charge in [-0.1, -0.05) is 15.9 Å². The van der Waals surface area contributed by atoms with Gasteiger partial charge in [-0.3, -0.25) is 0 Å². The van der Waals surface area contributed by atoms with Crippen LogP contribution in [0, 0.1) is 0 Å². The van der Waals surface area contributed by atoms with Crippen LogP contribution in [0.3, 0.4) is 0 Å². The number of nitrogen functional groups attached to an aromatic ring is 1. The van der Waals surface area contributed by atoms with Gasteiger partial charge in [0.1, 0.15) is 5.75 Å². The first-order valence-electron chi connectivity index (χ1n) is 3.73. The number of alkyl halides is 4. The Hall–Kier alpha value is -0.620. The summed E-state index contributed by atoms with van der Waals surface area (Å²) < 4.78 is 39.7. The molecular formula is C8H6BrClF3NO. The van der Waals surface area contributed by atoms with Gasteiger partial charge in [0.15, 0.2) is 0 Å². The molecule has 1 aromatic rings. The molecule has 2 N–H and O–H groups in total. The van der Waals surface area contributed by atoms with Gasteiger partial charge in [0.05, 0.1) is 5.88 Å². The van der Waals surface area contributed by atoms with Gasteiger partial charge >= 0.3 is 6.36 Å². The predicted molar refractivity (Wildman–Crippen MR) is 54.8 cm³/mol. The quantitative estimate of drug-likeness (QED) is 0.668. The summed E-state index contributed by atoms with van der Waals surface area (Å²) in [6, 6.07) is 2.25. The Morgan fingerprint density at radius 1 is 1.40 bits per heavy atom. The zero-order valence-corrected chi connectivity index (χ0v) is 9.58. The molecule has 0 heterocycles. The third kappa shape index (κ3) is 3.46. The van der Waals surface area contributed by atoms with Crippen LogP contribution < -0.4 is 10.5 Å². The lowest BCUT2D eigenvalue weighted by Crippen LogP contribution is -2.17. The molecule has 0 unspecified atom stereocenters. The first kappa shape index (κ1) is 12.4. The van der Waals surface area contributed by atoms with Crippen molar-refractivity contribution in [3.63, 3.8) is 0 Å². The fourth-order valence-electron chi connectivity index (χ4n) is 0.965. The lowest BCUT2D eigenvalue weighted by Gasteiger charge is -2.12. The van der Waals surface area contributed by atoms with E-state index >= 15 is 0 Å². The van der Waals surface area contributed by atoms with Crippen LogP contribution in [-0.4, -0.2) is 6.36 Å². The molecule has 0 fully saturated rings. The standard InChI is InChI=1S/C8H6BrClF3NO/c9-6-1-4(15-8(11,12)13)2-7(14)5(6)3-10/h1-2H,3,14H2. The van der Waals surface area contributed by atoms with Crippen molar-refractivity contribution in [3.8, 4) is 5.75 Å². The van der Waals surface area contributed by atoms with Crippen LogP contribution in [-0.2, 0) is 5.88 Å². The van der Waals surface area contributed by atoms with Crippen molar-refractivity contribution < 1.29 is 17.9 Å². The van der Waals surface area contributed by atoms with Crippen LogP contribution in [0.15, 0.2) is 16.6 Å². The second kappa shape index (κ2) is 4.49. The smallest absolute Gasteiger partial charge is 0.406 e. The van der Waals surface area contributed by atoms with Gasteiger partial charge < -0.3 is 10.5 Å². The van der Waals surface area contributed by atoms with Crippen molar-refractivity contribution in [2.45, 2.75) is 12.2 Å². The number of halogens is 5. The molecule has 0 aliphatic carbocycles. The van der Waals surface area contributed by atoms with Gasteiger partial charge in [-0.2, -0.15) is 0 Å². The van der Waals surface area contributed by atoms with Gasteiger partial charge in [-0.25, -0.2) is 0 Å². The summed E-state index contributed by atoms with van der Waals surface area (Å²) in [6.07, 6.45) is -4.73. The number of nitrogens with two attached hydrogens (primary N) is 1. The van der Waals surface area contributed by atoms with Gasteiger partial charge in [-0.15, -0.1) is 24.8 Å². The molecule has 0 bridgehead atoms. The molecule has 0 saturated heterocycles. The molecule has 0 saturated carbocycles. The largest absolute Gasteiger partial charge is 0.573 e. The lowest BCUT2D eigenvalue weighted by atomic mass is 10.2. The Kier molecular flexibility index (Phi) is 3.72. The summed E-state index contributed by atoms with van der Waals surface area (Å²) in [4.78, 5) is 0. The van der Waals surface area contributed by atoms with E-state index in [0.717, 1.165) is 6.07 Å². The van der Waals surface area contributed by atoms with Crippen molar-refractivity contribution >= 4 is 33.2 Å². The van der Waals surface area contributed by atoms with Gasteiger partial charge in [0, 0.05) is 21.8 Å². The van der Waals surface area contributed by atoms with E-state index < -0.39 is 6.36 Å². The highest BCUT2D eigenvalue weighted by molar-refractivity contribution is 9.10. The van der Waals surface area contributed by atoms with Crippen molar-refractivity contribution in [1.29, 1.82) is 0 Å². The van der Waals surface area contributed by atoms with Crippen LogP contribution in [0.1, 0.15) is 5.56 Å². The van der Waals surface area contributed by atoms with Crippen LogP contribution >= 0.6 is 27.5 Å². The molecule has 1 rings (SSSR count). The van der Waals surface area contributed by atoms with E-state index in [1.54, 1.807) is 0 Å². The zero-order chi connectivity index (χ0) is 11.6. The number of ether oxygens (including phenoxy) is 1. The zero-order valence-electron chi connectivity index (χ0n) is 7.24. The van der Waals surface area contributed by atoms with E-state index in [2.05, 4.69) is 20.7 Å². The molecule has 15 heavy (non-hydrogen) atoms. The minimum atomic E-state index is -4.73. The highest BCUT2D eigenvalue weighted by Crippen LogP contribution is 2.32. The fraction of sp³-hybridized carbons (Fsp3) is 0.250. The Morgan fingerprint density at radius 3 is 2.40 bits per heavy atom. The summed E-state index contributed by atoms with van der Waals surface area (Å²) >= 11 is 8.60. The van der Waals surface area contributed by atoms with E-state index in [1.165, 1.54) is 6.07 Å². The van der Waals surface area contributed by atoms with Crippen molar-refractivity contribution in [1.82, 2.24) is 0 Å². The second-order valence-corrected chi connectivity index (χ2v) is 3.78. The maximum atomic E-state index is 11.9. The minimum absolute atomic E-state index is 0.110. The number of hydrogen-bond donors (Lipinski definition) is 1. The first-order valence-corrected chi connectivity index (χ1v) is 5.06. The number of anilines is 1. The van der Waals surface area contributed by atoms with Crippen LogP contribution in [0.25, 0.3) is 0 Å². The molecular weight excluding hydrogens is 298 g/mol. The van der Waals surface area contributed by atoms with Crippen molar-refractivity contribution in [2.75, 3.05) is 5.73 Å². The Bertz CT molecular complexity index is 346. The van der Waals surface area contributed by atoms with E-state index in [1.807, 2.05) is 0 Å². The average Bonchev–Trinajstić information content (AvgIpc) is 1.99. The third-order valence-electron chi connectivity index (χ3n) is 1.57. The van der Waals surface area contributed by atoms with Crippen LogP contribution in [0.4, 0.5) is 18.9 Å². The van der Waals surface area contributed by atoms with Crippen LogP contribution in [0.5, 0.6) is 5.75 Å². The lowest BCUT2D eigenvalue weighted by molar-refractivity contribution is -0.274. The summed E-state index contributed by atoms with van der Waals surface area (Å²) in [5.41, 5.74) is 6.17. The second-order valence-electron chi connectivity index (χ2n) is 2.65. The molecule has 0 atom stereocenters. The van der Waals surface area contributed by atoms with Gasteiger partial charge in [0.2, 0.25) is 0 Å². The summed E-state index contributed by atoms with van der Waals surface area (Å²) in [5.74, 6) is -0.264. The fourth-order valence-corrected chi connectivity index (χ4v) is 2.02. The molecule has 0 radical (unpaired) electrons. The molecule has 0 aliphatic heterocycles. The van der Waals surface area contributed by atoms with E-state index in [4.69, 9.17) is 17.3 Å². The molecule has 1 aromatic carbocycles. The predicted octanol–water partition coefficient (Wildman–Crippen LogP) is 3.67. The van der Waals surface area contributed by atoms with E-state index in [-0.39, 0.29) is 17.3 Å². The van der Waals surface area contributed by atoms with Crippen molar-refractivity contribution in [2.24, 2.45) is 0 Å². The molecule has 2 nitrogen and oxygen atoms in total. The summed E-state index contributed by atoms with van der Waals surface area (Å²) in [7, 11) is 0. The molecule has 7 heteroatoms. The average molecular weight is 304 g/mol. The number of hydrogen-bond acceptors (Lipinski definition) is 2. The van der Waals surface area contributed by atoms with Crippen LogP contribution in [0.2, 0.25) is 0 Å². The van der Waals surface area contributed by atoms with E-state index in [9.17, 15) is 13.2 Å². The molecule has 0 spiro atoms. The van der Waals surface area contributed by atoms with Gasteiger partial charge in [0.25, 0.3) is 0 Å². The van der Waals surface area contributed by atoms with Crippen molar-refractivity contribution in [3.05, 3.63) is 22.2 Å². The number of benzene rings is 1. The summed E-state index contributed by atoms with van der Waals surface area (Å²) in [6.45, 7) is 0. The SMILES string of the molecule is Nc1cc(OC(F)(F)F)cc(Br)c1CCl. The topological polar surface area (TPSA) is 35.2 Å². The highest BCUT2D eigenvalue weighted by atomic mass is 79.9. The molecule has 84 valence electrons. The Labute approximate surface area is 97.3 Å². The molecule has 0 amide bonds. The minimum Gasteiger partial charge on any atom is -0.406 e. The summed E-state index contributed by atoms with van der Waals surface area (Å²) in [5, 5.41) is 0. The third-order valence-corrected chi connectivity index (χ3v) is 2.55. The first-order chi connectivity index (χ1) is 6.83. The van der Waals surface area contributed by atoms with Gasteiger partial charge in [-0.05, 0) is 6.07 Å². The molecule has 0 aromatic heterocycles. The Morgan fingerprint density at radius 2 is 2.00 bits per heavy atom. The maximum absolute atomic E-state index is 11.9. The van der Waals surface area contributed by atoms with E-state index in [0.29, 0.717) is 10.0 Å². The number of rotatable bonds is 2. The maximum Gasteiger partial charge on any atom is 0.573 e. The molecule has 0 aliphatic rings.